The normalized spacial score (nSPS) is 8.55. The molecule has 0 saturated carbocycles. The Morgan fingerprint density at radius 2 is 1.91 bits per heavy atom. The number of esters is 1. The topological polar surface area (TPSA) is 26.3 Å². The van der Waals surface area contributed by atoms with E-state index in [4.69, 9.17) is 4.74 Å². The molecule has 0 aromatic carbocycles. The van der Waals surface area contributed by atoms with Crippen molar-refractivity contribution in [3.05, 3.63) is 0 Å². The van der Waals surface area contributed by atoms with Crippen molar-refractivity contribution in [3.8, 4) is 0 Å². The second kappa shape index (κ2) is 10.2. The average molecular weight is 240 g/mol. The van der Waals surface area contributed by atoms with Crippen LogP contribution in [0.1, 0.15) is 39.5 Å². The zero-order valence-corrected chi connectivity index (χ0v) is 9.27. The first-order valence-electron chi connectivity index (χ1n) is 3.96. The van der Waals surface area contributed by atoms with Gasteiger partial charge in [0, 0.05) is 6.42 Å². The molecule has 0 atom stereocenters. The summed E-state index contributed by atoms with van der Waals surface area (Å²) in [6.45, 7) is 4.45. The minimum Gasteiger partial charge on any atom is -0.466 e. The predicted octanol–water partition coefficient (Wildman–Crippen LogP) is 2.13. The summed E-state index contributed by atoms with van der Waals surface area (Å²) in [5.74, 6) is -0.0593. The fraction of sp³-hybridized carbons (Fsp3) is 0.875. The minimum absolute atomic E-state index is 0. The Hall–Kier alpha value is 0.158. The van der Waals surface area contributed by atoms with Gasteiger partial charge in [0.2, 0.25) is 0 Å². The van der Waals surface area contributed by atoms with E-state index in [1.165, 1.54) is 0 Å². The second-order valence-electron chi connectivity index (χ2n) is 2.26. The summed E-state index contributed by atoms with van der Waals surface area (Å²) < 4.78 is 4.75. The van der Waals surface area contributed by atoms with Crippen molar-refractivity contribution in [2.75, 3.05) is 6.61 Å². The van der Waals surface area contributed by atoms with Crippen LogP contribution in [0, 0.1) is 0 Å². The Morgan fingerprint density at radius 1 is 1.27 bits per heavy atom. The standard InChI is InChI=1S/C8H16O2.Mo/c1-3-5-6-7-8(9)10-4-2;/h3-7H2,1-2H3;/q;+4. The molecule has 62 valence electrons. The number of carbonyl (C=O) groups is 1. The molecular weight excluding hydrogens is 224 g/mol. The summed E-state index contributed by atoms with van der Waals surface area (Å²) in [5.41, 5.74) is 0. The van der Waals surface area contributed by atoms with Crippen LogP contribution in [-0.2, 0) is 30.6 Å². The molecule has 0 N–H and O–H groups in total. The van der Waals surface area contributed by atoms with Gasteiger partial charge in [0.15, 0.2) is 0 Å². The first kappa shape index (κ1) is 13.7. The third kappa shape index (κ3) is 10.2. The molecule has 0 rings (SSSR count). The van der Waals surface area contributed by atoms with E-state index in [1.54, 1.807) is 0 Å². The van der Waals surface area contributed by atoms with Crippen molar-refractivity contribution in [3.63, 3.8) is 0 Å². The van der Waals surface area contributed by atoms with Crippen molar-refractivity contribution in [2.24, 2.45) is 0 Å². The van der Waals surface area contributed by atoms with Gasteiger partial charge in [-0.3, -0.25) is 4.79 Å². The van der Waals surface area contributed by atoms with Gasteiger partial charge in [-0.25, -0.2) is 0 Å². The number of unbranched alkanes of at least 4 members (excludes halogenated alkanes) is 2. The third-order valence-corrected chi connectivity index (χ3v) is 1.29. The van der Waals surface area contributed by atoms with Crippen molar-refractivity contribution >= 4 is 5.97 Å². The van der Waals surface area contributed by atoms with Crippen LogP contribution >= 0.6 is 0 Å². The van der Waals surface area contributed by atoms with Crippen LogP contribution in [0.5, 0.6) is 0 Å². The summed E-state index contributed by atoms with van der Waals surface area (Å²) in [5, 5.41) is 0. The maximum absolute atomic E-state index is 10.7. The van der Waals surface area contributed by atoms with Gasteiger partial charge >= 0.3 is 27.0 Å². The summed E-state index contributed by atoms with van der Waals surface area (Å²) in [4.78, 5) is 10.7. The van der Waals surface area contributed by atoms with Crippen molar-refractivity contribution < 1.29 is 30.6 Å². The fourth-order valence-corrected chi connectivity index (χ4v) is 0.752. The number of rotatable bonds is 5. The second-order valence-corrected chi connectivity index (χ2v) is 2.26. The Labute approximate surface area is 83.0 Å². The molecule has 0 spiro atoms. The molecule has 0 aliphatic rings. The first-order valence-corrected chi connectivity index (χ1v) is 3.96. The smallest absolute Gasteiger partial charge is 0.466 e. The SMILES string of the molecule is CCCCCC(=O)OCC.[Mo+4]. The van der Waals surface area contributed by atoms with E-state index >= 15 is 0 Å². The van der Waals surface area contributed by atoms with Gasteiger partial charge in [-0.15, -0.1) is 0 Å². The molecule has 0 unspecified atom stereocenters. The molecular formula is C8H16MoO2+4. The molecule has 0 heterocycles. The summed E-state index contributed by atoms with van der Waals surface area (Å²) in [6, 6.07) is 0. The Balaban J connectivity index is 0. The zero-order valence-electron chi connectivity index (χ0n) is 7.26. The zero-order chi connectivity index (χ0) is 7.82. The summed E-state index contributed by atoms with van der Waals surface area (Å²) in [7, 11) is 0. The molecule has 0 bridgehead atoms. The monoisotopic (exact) mass is 242 g/mol. The van der Waals surface area contributed by atoms with Gasteiger partial charge < -0.3 is 4.74 Å². The van der Waals surface area contributed by atoms with Crippen LogP contribution < -0.4 is 0 Å². The number of hydrogen-bond acceptors (Lipinski definition) is 2. The molecule has 0 fully saturated rings. The van der Waals surface area contributed by atoms with Crippen LogP contribution in [0.15, 0.2) is 0 Å². The maximum atomic E-state index is 10.7. The van der Waals surface area contributed by atoms with Crippen LogP contribution in [0.3, 0.4) is 0 Å². The van der Waals surface area contributed by atoms with Crippen molar-refractivity contribution in [1.82, 2.24) is 0 Å². The van der Waals surface area contributed by atoms with Gasteiger partial charge in [0.1, 0.15) is 0 Å². The molecule has 0 radical (unpaired) electrons. The van der Waals surface area contributed by atoms with Crippen LogP contribution in [-0.4, -0.2) is 12.6 Å². The summed E-state index contributed by atoms with van der Waals surface area (Å²) >= 11 is 0. The van der Waals surface area contributed by atoms with E-state index < -0.39 is 0 Å². The van der Waals surface area contributed by atoms with Gasteiger partial charge in [-0.05, 0) is 13.3 Å². The van der Waals surface area contributed by atoms with Gasteiger partial charge in [-0.2, -0.15) is 0 Å². The predicted molar refractivity (Wildman–Crippen MR) is 40.8 cm³/mol. The Kier molecular flexibility index (Phi) is 12.7. The molecule has 0 aromatic rings. The molecule has 0 aliphatic carbocycles. The van der Waals surface area contributed by atoms with Crippen molar-refractivity contribution in [2.45, 2.75) is 39.5 Å². The molecule has 11 heavy (non-hydrogen) atoms. The van der Waals surface area contributed by atoms with Crippen LogP contribution in [0.2, 0.25) is 0 Å². The molecule has 2 nitrogen and oxygen atoms in total. The van der Waals surface area contributed by atoms with E-state index in [9.17, 15) is 4.79 Å². The number of ether oxygens (including phenoxy) is 1. The van der Waals surface area contributed by atoms with E-state index in [1.807, 2.05) is 6.92 Å². The largest absolute Gasteiger partial charge is 4.00 e. The van der Waals surface area contributed by atoms with Crippen molar-refractivity contribution in [1.29, 1.82) is 0 Å². The van der Waals surface area contributed by atoms with E-state index in [2.05, 4.69) is 6.92 Å². The molecule has 3 heteroatoms. The van der Waals surface area contributed by atoms with Crippen LogP contribution in [0.25, 0.3) is 0 Å². The number of hydrogen-bond donors (Lipinski definition) is 0. The Bertz CT molecular complexity index is 94.1. The molecule has 0 aliphatic heterocycles. The van der Waals surface area contributed by atoms with Crippen LogP contribution in [0.4, 0.5) is 0 Å². The van der Waals surface area contributed by atoms with E-state index in [-0.39, 0.29) is 27.0 Å². The Morgan fingerprint density at radius 3 is 2.36 bits per heavy atom. The van der Waals surface area contributed by atoms with E-state index in [0.717, 1.165) is 19.3 Å². The fourth-order valence-electron chi connectivity index (χ4n) is 0.752. The minimum atomic E-state index is -0.0593. The van der Waals surface area contributed by atoms with E-state index in [0.29, 0.717) is 13.0 Å². The molecule has 0 amide bonds. The number of carbonyl (C=O) groups excluding carboxylic acids is 1. The third-order valence-electron chi connectivity index (χ3n) is 1.29. The quantitative estimate of drug-likeness (QED) is 0.418. The summed E-state index contributed by atoms with van der Waals surface area (Å²) in [6.07, 6.45) is 3.83. The van der Waals surface area contributed by atoms with Gasteiger partial charge in [0.25, 0.3) is 0 Å². The molecule has 0 aromatic heterocycles. The van der Waals surface area contributed by atoms with Gasteiger partial charge in [0.05, 0.1) is 6.61 Å². The first-order chi connectivity index (χ1) is 4.81. The molecule has 0 saturated heterocycles. The maximum Gasteiger partial charge on any atom is 4.00 e. The van der Waals surface area contributed by atoms with Gasteiger partial charge in [-0.1, -0.05) is 19.8 Å². The average Bonchev–Trinajstić information content (AvgIpc) is 1.89.